The molecule has 2 aromatic rings. The summed E-state index contributed by atoms with van der Waals surface area (Å²) in [5.74, 6) is -1.82. The zero-order valence-corrected chi connectivity index (χ0v) is 9.79. The number of carbonyl (C=O) groups excluding carboxylic acids is 1. The Kier molecular flexibility index (Phi) is 3.27. The van der Waals surface area contributed by atoms with Crippen LogP contribution in [0.15, 0.2) is 24.3 Å². The number of esters is 1. The monoisotopic (exact) mass is 248 g/mol. The molecule has 18 heavy (non-hydrogen) atoms. The van der Waals surface area contributed by atoms with E-state index in [0.717, 1.165) is 0 Å². The van der Waals surface area contributed by atoms with Crippen LogP contribution in [-0.2, 0) is 16.1 Å². The quantitative estimate of drug-likeness (QED) is 0.825. The number of hydrogen-bond donors (Lipinski definition) is 1. The van der Waals surface area contributed by atoms with Crippen LogP contribution in [-0.4, -0.2) is 33.2 Å². The number of aromatic nitrogens is 2. The molecule has 0 spiro atoms. The highest BCUT2D eigenvalue weighted by atomic mass is 16.5. The molecule has 94 valence electrons. The van der Waals surface area contributed by atoms with Gasteiger partial charge in [0.1, 0.15) is 6.54 Å². The van der Waals surface area contributed by atoms with E-state index in [9.17, 15) is 9.59 Å². The zero-order valence-electron chi connectivity index (χ0n) is 9.79. The minimum Gasteiger partial charge on any atom is -0.475 e. The highest BCUT2D eigenvalue weighted by Gasteiger charge is 2.18. The van der Waals surface area contributed by atoms with Gasteiger partial charge in [-0.1, -0.05) is 12.1 Å². The van der Waals surface area contributed by atoms with Crippen LogP contribution in [0.1, 0.15) is 17.5 Å². The fraction of sp³-hybridized carbons (Fsp3) is 0.250. The molecular formula is C12H12N2O4. The Morgan fingerprint density at radius 2 is 2.11 bits per heavy atom. The van der Waals surface area contributed by atoms with Gasteiger partial charge in [0, 0.05) is 0 Å². The molecule has 0 fully saturated rings. The van der Waals surface area contributed by atoms with Gasteiger partial charge in [-0.25, -0.2) is 9.78 Å². The van der Waals surface area contributed by atoms with Gasteiger partial charge < -0.3 is 14.4 Å². The largest absolute Gasteiger partial charge is 0.475 e. The van der Waals surface area contributed by atoms with Gasteiger partial charge in [0.15, 0.2) is 0 Å². The molecule has 0 aliphatic heterocycles. The minimum absolute atomic E-state index is 0.157. The third-order valence-corrected chi connectivity index (χ3v) is 2.44. The van der Waals surface area contributed by atoms with Crippen molar-refractivity contribution in [3.63, 3.8) is 0 Å². The third kappa shape index (κ3) is 2.17. The second-order valence-electron chi connectivity index (χ2n) is 3.62. The molecule has 0 bridgehead atoms. The molecule has 1 heterocycles. The number of hydrogen-bond acceptors (Lipinski definition) is 4. The Balaban J connectivity index is 2.48. The highest BCUT2D eigenvalue weighted by molar-refractivity contribution is 5.90. The van der Waals surface area contributed by atoms with Crippen molar-refractivity contribution in [3.05, 3.63) is 30.1 Å². The number of ether oxygens (including phenoxy) is 1. The summed E-state index contributed by atoms with van der Waals surface area (Å²) in [6.45, 7) is 1.80. The van der Waals surface area contributed by atoms with E-state index in [1.54, 1.807) is 31.2 Å². The number of para-hydroxylation sites is 2. The first-order chi connectivity index (χ1) is 8.63. The summed E-state index contributed by atoms with van der Waals surface area (Å²) in [4.78, 5) is 26.5. The van der Waals surface area contributed by atoms with Crippen LogP contribution >= 0.6 is 0 Å². The fourth-order valence-corrected chi connectivity index (χ4v) is 1.73. The maximum atomic E-state index is 11.5. The number of rotatable bonds is 4. The first-order valence-electron chi connectivity index (χ1n) is 5.47. The van der Waals surface area contributed by atoms with Gasteiger partial charge in [-0.05, 0) is 19.1 Å². The molecule has 1 N–H and O–H groups in total. The van der Waals surface area contributed by atoms with Gasteiger partial charge in [-0.2, -0.15) is 0 Å². The van der Waals surface area contributed by atoms with Crippen molar-refractivity contribution in [3.8, 4) is 0 Å². The number of imidazole rings is 1. The van der Waals surface area contributed by atoms with Gasteiger partial charge in [0.2, 0.25) is 5.82 Å². The van der Waals surface area contributed by atoms with Gasteiger partial charge >= 0.3 is 11.9 Å². The molecular weight excluding hydrogens is 236 g/mol. The van der Waals surface area contributed by atoms with Gasteiger partial charge in [-0.15, -0.1) is 0 Å². The highest BCUT2D eigenvalue weighted by Crippen LogP contribution is 2.16. The first kappa shape index (κ1) is 12.1. The van der Waals surface area contributed by atoms with Crippen molar-refractivity contribution in [1.29, 1.82) is 0 Å². The van der Waals surface area contributed by atoms with E-state index in [-0.39, 0.29) is 19.0 Å². The average Bonchev–Trinajstić information content (AvgIpc) is 2.69. The third-order valence-electron chi connectivity index (χ3n) is 2.44. The molecule has 6 heteroatoms. The van der Waals surface area contributed by atoms with Crippen LogP contribution in [0.5, 0.6) is 0 Å². The van der Waals surface area contributed by atoms with Gasteiger partial charge in [0.05, 0.1) is 17.6 Å². The van der Waals surface area contributed by atoms with E-state index in [1.165, 1.54) is 4.57 Å². The maximum Gasteiger partial charge on any atom is 0.372 e. The topological polar surface area (TPSA) is 81.4 Å². The number of carboxylic acid groups (broad SMARTS) is 1. The molecule has 0 saturated heterocycles. The molecule has 1 aromatic heterocycles. The molecule has 6 nitrogen and oxygen atoms in total. The van der Waals surface area contributed by atoms with Crippen LogP contribution in [0.2, 0.25) is 0 Å². The predicted molar refractivity (Wildman–Crippen MR) is 63.3 cm³/mol. The van der Waals surface area contributed by atoms with Crippen LogP contribution in [0.4, 0.5) is 0 Å². The number of carboxylic acids is 1. The summed E-state index contributed by atoms with van der Waals surface area (Å²) in [6, 6.07) is 6.93. The Morgan fingerprint density at radius 1 is 1.39 bits per heavy atom. The van der Waals surface area contributed by atoms with Crippen molar-refractivity contribution < 1.29 is 19.4 Å². The molecule has 1 aromatic carbocycles. The van der Waals surface area contributed by atoms with E-state index in [1.807, 2.05) is 0 Å². The first-order valence-corrected chi connectivity index (χ1v) is 5.47. The second-order valence-corrected chi connectivity index (χ2v) is 3.62. The van der Waals surface area contributed by atoms with Crippen LogP contribution in [0.3, 0.4) is 0 Å². The number of nitrogens with zero attached hydrogens (tertiary/aromatic N) is 2. The van der Waals surface area contributed by atoms with Crippen LogP contribution in [0.25, 0.3) is 11.0 Å². The number of carbonyl (C=O) groups is 2. The molecule has 0 amide bonds. The molecule has 0 saturated carbocycles. The Morgan fingerprint density at radius 3 is 2.78 bits per heavy atom. The Hall–Kier alpha value is -2.37. The Labute approximate surface area is 103 Å². The molecule has 0 radical (unpaired) electrons. The fourth-order valence-electron chi connectivity index (χ4n) is 1.73. The minimum atomic E-state index is -1.17. The van der Waals surface area contributed by atoms with E-state index in [0.29, 0.717) is 11.0 Å². The van der Waals surface area contributed by atoms with Crippen molar-refractivity contribution in [1.82, 2.24) is 9.55 Å². The zero-order chi connectivity index (χ0) is 13.1. The summed E-state index contributed by atoms with van der Waals surface area (Å²) in [7, 11) is 0. The summed E-state index contributed by atoms with van der Waals surface area (Å²) < 4.78 is 6.16. The van der Waals surface area contributed by atoms with E-state index >= 15 is 0 Å². The molecule has 2 rings (SSSR count). The van der Waals surface area contributed by atoms with Gasteiger partial charge in [0.25, 0.3) is 0 Å². The second kappa shape index (κ2) is 4.87. The summed E-state index contributed by atoms with van der Waals surface area (Å²) >= 11 is 0. The summed E-state index contributed by atoms with van der Waals surface area (Å²) in [5.41, 5.74) is 1.14. The summed E-state index contributed by atoms with van der Waals surface area (Å²) in [5, 5.41) is 9.07. The van der Waals surface area contributed by atoms with Crippen molar-refractivity contribution in [2.45, 2.75) is 13.5 Å². The molecule has 0 atom stereocenters. The standard InChI is InChI=1S/C12H12N2O4/c1-2-18-10(15)7-14-9-6-4-3-5-8(9)13-11(14)12(16)17/h3-6H,2,7H2,1H3,(H,16,17). The van der Waals surface area contributed by atoms with Crippen LogP contribution in [0, 0.1) is 0 Å². The molecule has 0 aliphatic rings. The lowest BCUT2D eigenvalue weighted by molar-refractivity contribution is -0.143. The SMILES string of the molecule is CCOC(=O)Cn1c(C(=O)O)nc2ccccc21. The lowest BCUT2D eigenvalue weighted by atomic mass is 10.3. The average molecular weight is 248 g/mol. The molecule has 0 unspecified atom stereocenters. The molecule has 0 aliphatic carbocycles. The predicted octanol–water partition coefficient (Wildman–Crippen LogP) is 1.30. The Bertz CT molecular complexity index is 603. The lowest BCUT2D eigenvalue weighted by Gasteiger charge is -2.06. The summed E-state index contributed by atoms with van der Waals surface area (Å²) in [6.07, 6.45) is 0. The van der Waals surface area contributed by atoms with E-state index < -0.39 is 11.9 Å². The normalized spacial score (nSPS) is 10.5. The maximum absolute atomic E-state index is 11.5. The van der Waals surface area contributed by atoms with E-state index in [4.69, 9.17) is 9.84 Å². The van der Waals surface area contributed by atoms with Crippen molar-refractivity contribution in [2.75, 3.05) is 6.61 Å². The lowest BCUT2D eigenvalue weighted by Crippen LogP contribution is -2.17. The van der Waals surface area contributed by atoms with Crippen molar-refractivity contribution >= 4 is 23.0 Å². The van der Waals surface area contributed by atoms with Crippen molar-refractivity contribution in [2.24, 2.45) is 0 Å². The number of fused-ring (bicyclic) bond motifs is 1. The van der Waals surface area contributed by atoms with Gasteiger partial charge in [-0.3, -0.25) is 4.79 Å². The van der Waals surface area contributed by atoms with Crippen LogP contribution < -0.4 is 0 Å². The van der Waals surface area contributed by atoms with E-state index in [2.05, 4.69) is 4.98 Å². The number of aromatic carboxylic acids is 1. The smallest absolute Gasteiger partial charge is 0.372 e. The number of benzene rings is 1.